The molecule has 1 unspecified atom stereocenters. The van der Waals surface area contributed by atoms with Gasteiger partial charge in [0.15, 0.2) is 0 Å². The molecule has 1 aliphatic heterocycles. The highest BCUT2D eigenvalue weighted by Gasteiger charge is 2.57. The van der Waals surface area contributed by atoms with Gasteiger partial charge in [-0.3, -0.25) is 0 Å². The van der Waals surface area contributed by atoms with E-state index in [2.05, 4.69) is 14.8 Å². The molecule has 0 aliphatic carbocycles. The van der Waals surface area contributed by atoms with Crippen molar-refractivity contribution in [2.45, 2.75) is 50.9 Å². The molecule has 5 heteroatoms. The van der Waals surface area contributed by atoms with Crippen LogP contribution < -0.4 is 0 Å². The van der Waals surface area contributed by atoms with Gasteiger partial charge in [-0.15, -0.1) is 0 Å². The molecule has 1 aromatic rings. The first-order chi connectivity index (χ1) is 9.51. The molecule has 0 saturated carbocycles. The van der Waals surface area contributed by atoms with Gasteiger partial charge >= 0.3 is 5.51 Å². The maximum atomic E-state index is 13.9. The van der Waals surface area contributed by atoms with Gasteiger partial charge in [-0.1, -0.05) is 46.2 Å². The van der Waals surface area contributed by atoms with Crippen LogP contribution in [0.25, 0.3) is 6.08 Å². The molecule has 0 fully saturated rings. The molecule has 0 amide bonds. The van der Waals surface area contributed by atoms with Crippen LogP contribution >= 0.6 is 23.3 Å². The summed E-state index contributed by atoms with van der Waals surface area (Å²) in [6, 6.07) is 5.51. The fraction of sp³-hybridized carbons (Fsp3) is 0.500. The van der Waals surface area contributed by atoms with Crippen molar-refractivity contribution in [2.75, 3.05) is 0 Å². The van der Waals surface area contributed by atoms with Gasteiger partial charge in [0.05, 0.1) is 0 Å². The summed E-state index contributed by atoms with van der Waals surface area (Å²) < 4.78 is 41.6. The number of rotatable bonds is 2. The molecule has 0 aromatic heterocycles. The first-order valence-corrected chi connectivity index (χ1v) is 10.4. The number of aryl methyl sites for hydroxylation is 1. The Hall–Kier alpha value is -0.420. The zero-order valence-electron chi connectivity index (χ0n) is 12.6. The number of halogens is 4. The van der Waals surface area contributed by atoms with Crippen molar-refractivity contribution in [1.29, 1.82) is 0 Å². The van der Waals surface area contributed by atoms with Gasteiger partial charge in [-0.25, -0.2) is 0 Å². The van der Waals surface area contributed by atoms with E-state index >= 15 is 0 Å². The van der Waals surface area contributed by atoms with Gasteiger partial charge in [0.2, 0.25) is 0 Å². The third-order valence-electron chi connectivity index (χ3n) is 3.57. The second kappa shape index (κ2) is 5.34. The lowest BCUT2D eigenvalue weighted by atomic mass is 9.95. The number of benzene rings is 1. The lowest BCUT2D eigenvalue weighted by Crippen LogP contribution is -2.22. The number of alkyl halides is 3. The number of fused-ring (bicyclic) bond motifs is 1. The molecule has 0 nitrogen and oxygen atoms in total. The van der Waals surface area contributed by atoms with Crippen molar-refractivity contribution in [3.63, 3.8) is 0 Å². The minimum Gasteiger partial charge on any atom is -0.160 e. The third-order valence-corrected chi connectivity index (χ3v) is 9.70. The molecule has 1 heterocycles. The van der Waals surface area contributed by atoms with E-state index in [0.29, 0.717) is 15.4 Å². The SMILES string of the molecule is CCCc1ccc2c(c1)S(Br)(C(F)(F)F)C(C(C)(C)C)=C2. The van der Waals surface area contributed by atoms with Crippen LogP contribution in [0.2, 0.25) is 0 Å². The summed E-state index contributed by atoms with van der Waals surface area (Å²) in [6.45, 7) is 7.55. The second-order valence-electron chi connectivity index (χ2n) is 6.36. The van der Waals surface area contributed by atoms with Crippen LogP contribution in [-0.2, 0) is 6.42 Å². The van der Waals surface area contributed by atoms with Gasteiger partial charge in [-0.05, 0) is 63.3 Å². The van der Waals surface area contributed by atoms with E-state index in [0.717, 1.165) is 18.4 Å². The molecule has 0 spiro atoms. The smallest absolute Gasteiger partial charge is 0.160 e. The third kappa shape index (κ3) is 2.79. The van der Waals surface area contributed by atoms with E-state index in [4.69, 9.17) is 0 Å². The van der Waals surface area contributed by atoms with E-state index < -0.39 is 19.4 Å². The van der Waals surface area contributed by atoms with Crippen LogP contribution in [0.3, 0.4) is 0 Å². The normalized spacial score (nSPS) is 25.2. The molecule has 118 valence electrons. The number of allylic oxidation sites excluding steroid dienone is 1. The van der Waals surface area contributed by atoms with Crippen LogP contribution in [-0.4, -0.2) is 5.51 Å². The van der Waals surface area contributed by atoms with Crippen molar-refractivity contribution in [2.24, 2.45) is 5.41 Å². The standard InChI is InChI=1S/C16H20BrF3S/c1-5-6-11-7-8-12-10-14(15(2,3)4)21(17,13(12)9-11)16(18,19)20/h7-10H,5-6H2,1-4H3. The summed E-state index contributed by atoms with van der Waals surface area (Å²) in [6.07, 6.45) is 3.45. The summed E-state index contributed by atoms with van der Waals surface area (Å²) in [5.41, 5.74) is -3.15. The summed E-state index contributed by atoms with van der Waals surface area (Å²) in [5, 5.41) is 0. The quantitative estimate of drug-likeness (QED) is 0.516. The average Bonchev–Trinajstić information content (AvgIpc) is 2.64. The molecule has 0 N–H and O–H groups in total. The van der Waals surface area contributed by atoms with Gasteiger partial charge in [0.1, 0.15) is 0 Å². The Balaban J connectivity index is 2.66. The van der Waals surface area contributed by atoms with E-state index in [1.807, 2.05) is 39.8 Å². The maximum Gasteiger partial charge on any atom is 0.442 e. The highest BCUT2D eigenvalue weighted by molar-refractivity contribution is 9.59. The molecule has 0 bridgehead atoms. The van der Waals surface area contributed by atoms with Crippen LogP contribution in [0.1, 0.15) is 45.2 Å². The zero-order valence-corrected chi connectivity index (χ0v) is 15.0. The molecule has 0 radical (unpaired) electrons. The van der Waals surface area contributed by atoms with E-state index in [9.17, 15) is 13.2 Å². The van der Waals surface area contributed by atoms with Gasteiger partial charge in [0, 0.05) is 4.90 Å². The topological polar surface area (TPSA) is 0 Å². The minimum atomic E-state index is -4.29. The molecule has 1 aromatic carbocycles. The molecule has 21 heavy (non-hydrogen) atoms. The maximum absolute atomic E-state index is 13.9. The van der Waals surface area contributed by atoms with Crippen LogP contribution in [0.15, 0.2) is 28.0 Å². The Morgan fingerprint density at radius 2 is 1.76 bits per heavy atom. The number of hydrogen-bond acceptors (Lipinski definition) is 0. The first-order valence-electron chi connectivity index (χ1n) is 6.96. The summed E-state index contributed by atoms with van der Waals surface area (Å²) >= 11 is 3.14. The Bertz CT molecular complexity index is 584. The van der Waals surface area contributed by atoms with Crippen LogP contribution in [0.4, 0.5) is 13.2 Å². The summed E-state index contributed by atoms with van der Waals surface area (Å²) in [7, 11) is -3.14. The van der Waals surface area contributed by atoms with Crippen molar-refractivity contribution in [1.82, 2.24) is 0 Å². The van der Waals surface area contributed by atoms with Crippen molar-refractivity contribution >= 4 is 29.4 Å². The highest BCUT2D eigenvalue weighted by atomic mass is 79.9. The summed E-state index contributed by atoms with van der Waals surface area (Å²) in [5.74, 6) is 0. The first kappa shape index (κ1) is 16.9. The minimum absolute atomic E-state index is 0.408. The highest BCUT2D eigenvalue weighted by Crippen LogP contribution is 2.83. The van der Waals surface area contributed by atoms with E-state index in [-0.39, 0.29) is 0 Å². The van der Waals surface area contributed by atoms with Gasteiger partial charge in [0.25, 0.3) is 0 Å². The van der Waals surface area contributed by atoms with Gasteiger partial charge in [-0.2, -0.15) is 13.2 Å². The van der Waals surface area contributed by atoms with Crippen molar-refractivity contribution in [3.05, 3.63) is 34.2 Å². The van der Waals surface area contributed by atoms with E-state index in [1.54, 1.807) is 12.1 Å². The number of hydrogen-bond donors (Lipinski definition) is 0. The molecule has 1 atom stereocenters. The van der Waals surface area contributed by atoms with Crippen LogP contribution in [0.5, 0.6) is 0 Å². The fourth-order valence-corrected chi connectivity index (χ4v) is 7.83. The molecular weight excluding hydrogens is 361 g/mol. The second-order valence-corrected chi connectivity index (χ2v) is 11.7. The average molecular weight is 381 g/mol. The Labute approximate surface area is 133 Å². The monoisotopic (exact) mass is 380 g/mol. The Morgan fingerprint density at radius 3 is 2.24 bits per heavy atom. The van der Waals surface area contributed by atoms with Crippen molar-refractivity contribution in [3.8, 4) is 0 Å². The zero-order chi connectivity index (χ0) is 16.1. The molecular formula is C16H20BrF3S. The van der Waals surface area contributed by atoms with E-state index in [1.165, 1.54) is 0 Å². The van der Waals surface area contributed by atoms with Crippen LogP contribution in [0, 0.1) is 5.41 Å². The lowest BCUT2D eigenvalue weighted by molar-refractivity contribution is -0.0358. The van der Waals surface area contributed by atoms with Crippen molar-refractivity contribution < 1.29 is 13.2 Å². The Morgan fingerprint density at radius 1 is 1.14 bits per heavy atom. The Kier molecular flexibility index (Phi) is 4.31. The fourth-order valence-electron chi connectivity index (χ4n) is 2.61. The molecule has 2 rings (SSSR count). The largest absolute Gasteiger partial charge is 0.442 e. The predicted octanol–water partition coefficient (Wildman–Crippen LogP) is 7.03. The molecule has 1 aliphatic rings. The lowest BCUT2D eigenvalue weighted by Gasteiger charge is -2.40. The summed E-state index contributed by atoms with van der Waals surface area (Å²) in [4.78, 5) is 0.858. The molecule has 0 saturated heterocycles. The predicted molar refractivity (Wildman–Crippen MR) is 88.7 cm³/mol. The van der Waals surface area contributed by atoms with Gasteiger partial charge < -0.3 is 0 Å².